The molecule has 4 rings (SSSR count). The number of aromatic nitrogens is 2. The van der Waals surface area contributed by atoms with Gasteiger partial charge in [0, 0.05) is 44.6 Å². The maximum absolute atomic E-state index is 12.3. The van der Waals surface area contributed by atoms with Crippen molar-refractivity contribution in [3.05, 3.63) is 58.1 Å². The highest BCUT2D eigenvalue weighted by Gasteiger charge is 2.33. The molecule has 0 radical (unpaired) electrons. The Morgan fingerprint density at radius 3 is 2.88 bits per heavy atom. The van der Waals surface area contributed by atoms with E-state index < -0.39 is 0 Å². The van der Waals surface area contributed by atoms with Gasteiger partial charge < -0.3 is 14.8 Å². The molecule has 1 aliphatic carbocycles. The van der Waals surface area contributed by atoms with Crippen LogP contribution in [0.1, 0.15) is 42.7 Å². The van der Waals surface area contributed by atoms with Gasteiger partial charge in [0.2, 0.25) is 0 Å². The molecular formula is C21H28N4O. The molecule has 0 spiro atoms. The third-order valence-electron chi connectivity index (χ3n) is 5.84. The molecule has 1 aromatic heterocycles. The van der Waals surface area contributed by atoms with Crippen LogP contribution in [0.25, 0.3) is 0 Å². The SMILES string of the molecule is Cc1cccc(C2CC(NC3CCCN(c4nccn(C)c4=O)C3)C2)c1. The lowest BCUT2D eigenvalue weighted by atomic mass is 9.75. The molecule has 1 aromatic carbocycles. The van der Waals surface area contributed by atoms with E-state index in [1.54, 1.807) is 24.0 Å². The Hall–Kier alpha value is -2.14. The molecule has 1 atom stereocenters. The van der Waals surface area contributed by atoms with E-state index in [1.165, 1.54) is 30.4 Å². The molecule has 5 heteroatoms. The lowest BCUT2D eigenvalue weighted by molar-refractivity contribution is 0.251. The first-order valence-corrected chi connectivity index (χ1v) is 9.69. The number of anilines is 1. The number of nitrogens with zero attached hydrogens (tertiary/aromatic N) is 3. The monoisotopic (exact) mass is 352 g/mol. The third-order valence-corrected chi connectivity index (χ3v) is 5.84. The summed E-state index contributed by atoms with van der Waals surface area (Å²) in [7, 11) is 1.78. The third kappa shape index (κ3) is 3.54. The molecule has 2 heterocycles. The van der Waals surface area contributed by atoms with Crippen molar-refractivity contribution in [3.63, 3.8) is 0 Å². The maximum Gasteiger partial charge on any atom is 0.293 e. The molecule has 26 heavy (non-hydrogen) atoms. The number of benzene rings is 1. The van der Waals surface area contributed by atoms with E-state index >= 15 is 0 Å². The molecule has 1 unspecified atom stereocenters. The van der Waals surface area contributed by atoms with Crippen LogP contribution in [0.5, 0.6) is 0 Å². The molecule has 0 bridgehead atoms. The number of nitrogens with one attached hydrogen (secondary N) is 1. The molecule has 1 N–H and O–H groups in total. The van der Waals surface area contributed by atoms with E-state index in [9.17, 15) is 4.79 Å². The minimum Gasteiger partial charge on any atom is -0.350 e. The Kier molecular flexibility index (Phi) is 4.81. The lowest BCUT2D eigenvalue weighted by Gasteiger charge is -2.41. The maximum atomic E-state index is 12.3. The van der Waals surface area contributed by atoms with Crippen LogP contribution in [0.2, 0.25) is 0 Å². The van der Waals surface area contributed by atoms with Crippen molar-refractivity contribution in [2.75, 3.05) is 18.0 Å². The van der Waals surface area contributed by atoms with Gasteiger partial charge in [0.05, 0.1) is 0 Å². The average Bonchev–Trinajstić information content (AvgIpc) is 2.60. The molecule has 2 aliphatic rings. The molecule has 2 aromatic rings. The topological polar surface area (TPSA) is 50.2 Å². The summed E-state index contributed by atoms with van der Waals surface area (Å²) in [6.07, 6.45) is 8.13. The van der Waals surface area contributed by atoms with Crippen LogP contribution in [0.3, 0.4) is 0 Å². The second-order valence-corrected chi connectivity index (χ2v) is 7.90. The second-order valence-electron chi connectivity index (χ2n) is 7.90. The first kappa shape index (κ1) is 17.3. The van der Waals surface area contributed by atoms with Gasteiger partial charge >= 0.3 is 0 Å². The average molecular weight is 352 g/mol. The van der Waals surface area contributed by atoms with E-state index in [0.29, 0.717) is 23.8 Å². The smallest absolute Gasteiger partial charge is 0.293 e. The minimum absolute atomic E-state index is 0.00342. The summed E-state index contributed by atoms with van der Waals surface area (Å²) in [6, 6.07) is 9.94. The van der Waals surface area contributed by atoms with Crippen molar-refractivity contribution in [1.29, 1.82) is 0 Å². The van der Waals surface area contributed by atoms with Crippen LogP contribution in [0.15, 0.2) is 41.5 Å². The lowest BCUT2D eigenvalue weighted by Crippen LogP contribution is -2.53. The summed E-state index contributed by atoms with van der Waals surface area (Å²) in [5.74, 6) is 1.28. The highest BCUT2D eigenvalue weighted by atomic mass is 16.1. The van der Waals surface area contributed by atoms with Crippen molar-refractivity contribution >= 4 is 5.82 Å². The largest absolute Gasteiger partial charge is 0.350 e. The van der Waals surface area contributed by atoms with Crippen LogP contribution < -0.4 is 15.8 Å². The molecule has 1 saturated carbocycles. The number of rotatable bonds is 4. The fourth-order valence-electron chi connectivity index (χ4n) is 4.29. The molecule has 1 aliphatic heterocycles. The minimum atomic E-state index is -0.00342. The van der Waals surface area contributed by atoms with Gasteiger partial charge in [-0.25, -0.2) is 4.98 Å². The first-order chi connectivity index (χ1) is 12.6. The van der Waals surface area contributed by atoms with Gasteiger partial charge in [-0.2, -0.15) is 0 Å². The van der Waals surface area contributed by atoms with Gasteiger partial charge in [-0.15, -0.1) is 0 Å². The zero-order valence-corrected chi connectivity index (χ0v) is 15.7. The Morgan fingerprint density at radius 1 is 1.23 bits per heavy atom. The fraction of sp³-hybridized carbons (Fsp3) is 0.524. The van der Waals surface area contributed by atoms with E-state index in [2.05, 4.69) is 46.4 Å². The van der Waals surface area contributed by atoms with Crippen LogP contribution in [-0.4, -0.2) is 34.7 Å². The van der Waals surface area contributed by atoms with Gasteiger partial charge in [-0.1, -0.05) is 29.8 Å². The van der Waals surface area contributed by atoms with E-state index in [-0.39, 0.29) is 5.56 Å². The Balaban J connectivity index is 1.34. The van der Waals surface area contributed by atoms with Crippen molar-refractivity contribution < 1.29 is 0 Å². The molecule has 0 amide bonds. The molecule has 1 saturated heterocycles. The van der Waals surface area contributed by atoms with Crippen LogP contribution in [-0.2, 0) is 7.05 Å². The number of aryl methyl sites for hydroxylation is 2. The summed E-state index contributed by atoms with van der Waals surface area (Å²) >= 11 is 0. The molecule has 5 nitrogen and oxygen atoms in total. The Labute approximate surface area is 155 Å². The van der Waals surface area contributed by atoms with E-state index in [4.69, 9.17) is 0 Å². The van der Waals surface area contributed by atoms with Gasteiger partial charge in [0.25, 0.3) is 5.56 Å². The summed E-state index contributed by atoms with van der Waals surface area (Å²) < 4.78 is 1.61. The second kappa shape index (κ2) is 7.23. The van der Waals surface area contributed by atoms with Gasteiger partial charge in [0.1, 0.15) is 0 Å². The Bertz CT molecular complexity index is 825. The Morgan fingerprint density at radius 2 is 2.08 bits per heavy atom. The van der Waals surface area contributed by atoms with Crippen LogP contribution >= 0.6 is 0 Å². The van der Waals surface area contributed by atoms with Crippen LogP contribution in [0, 0.1) is 6.92 Å². The van der Waals surface area contributed by atoms with Crippen LogP contribution in [0.4, 0.5) is 5.82 Å². The zero-order valence-electron chi connectivity index (χ0n) is 15.7. The molecule has 2 fully saturated rings. The van der Waals surface area contributed by atoms with E-state index in [0.717, 1.165) is 19.5 Å². The van der Waals surface area contributed by atoms with Crippen molar-refractivity contribution in [2.45, 2.75) is 50.6 Å². The fourth-order valence-corrected chi connectivity index (χ4v) is 4.29. The standard InChI is InChI=1S/C21H28N4O/c1-15-5-3-6-16(11-15)17-12-19(13-17)23-18-7-4-9-25(14-18)20-21(26)24(2)10-8-22-20/h3,5-6,8,10-11,17-19,23H,4,7,9,12-14H2,1-2H3. The van der Waals surface area contributed by atoms with Crippen molar-refractivity contribution in [3.8, 4) is 0 Å². The summed E-state index contributed by atoms with van der Waals surface area (Å²) in [5, 5.41) is 3.83. The quantitative estimate of drug-likeness (QED) is 0.919. The highest BCUT2D eigenvalue weighted by molar-refractivity contribution is 5.36. The highest BCUT2D eigenvalue weighted by Crippen LogP contribution is 2.37. The number of hydrogen-bond acceptors (Lipinski definition) is 4. The number of hydrogen-bond donors (Lipinski definition) is 1. The van der Waals surface area contributed by atoms with E-state index in [1.807, 2.05) is 0 Å². The molecular weight excluding hydrogens is 324 g/mol. The summed E-state index contributed by atoms with van der Waals surface area (Å²) in [5.41, 5.74) is 2.82. The molecule has 138 valence electrons. The predicted molar refractivity (Wildman–Crippen MR) is 105 cm³/mol. The predicted octanol–water partition coefficient (Wildman–Crippen LogP) is 2.59. The van der Waals surface area contributed by atoms with Crippen molar-refractivity contribution in [1.82, 2.24) is 14.9 Å². The zero-order chi connectivity index (χ0) is 18.1. The normalized spacial score (nSPS) is 25.8. The van der Waals surface area contributed by atoms with Gasteiger partial charge in [-0.3, -0.25) is 4.79 Å². The summed E-state index contributed by atoms with van der Waals surface area (Å²) in [4.78, 5) is 18.8. The van der Waals surface area contributed by atoms with Crippen molar-refractivity contribution in [2.24, 2.45) is 7.05 Å². The number of piperidine rings is 1. The summed E-state index contributed by atoms with van der Waals surface area (Å²) in [6.45, 7) is 3.95. The first-order valence-electron chi connectivity index (χ1n) is 9.69. The van der Waals surface area contributed by atoms with Gasteiger partial charge in [-0.05, 0) is 44.1 Å². The van der Waals surface area contributed by atoms with Gasteiger partial charge in [0.15, 0.2) is 5.82 Å².